The molecule has 2 aliphatic rings. The minimum Gasteiger partial charge on any atom is -0.455 e. The molecule has 2 N–H and O–H groups in total. The molecule has 2 unspecified atom stereocenters. The first-order valence-corrected chi connectivity index (χ1v) is 9.65. The molecule has 8 heteroatoms. The summed E-state index contributed by atoms with van der Waals surface area (Å²) in [5, 5.41) is 13.5. The quantitative estimate of drug-likeness (QED) is 0.781. The average Bonchev–Trinajstić information content (AvgIpc) is 3.07. The summed E-state index contributed by atoms with van der Waals surface area (Å²) in [6.07, 6.45) is 0.376. The fourth-order valence-electron chi connectivity index (χ4n) is 3.50. The van der Waals surface area contributed by atoms with Crippen LogP contribution in [0.1, 0.15) is 39.2 Å². The van der Waals surface area contributed by atoms with Crippen molar-refractivity contribution in [2.75, 3.05) is 20.3 Å². The number of halogens is 1. The van der Waals surface area contributed by atoms with Gasteiger partial charge in [0.2, 0.25) is 0 Å². The number of carbonyl (C=O) groups is 2. The van der Waals surface area contributed by atoms with Gasteiger partial charge in [-0.25, -0.2) is 0 Å². The first kappa shape index (κ1) is 20.9. The summed E-state index contributed by atoms with van der Waals surface area (Å²) in [6.45, 7) is 2.82. The molecule has 0 spiro atoms. The van der Waals surface area contributed by atoms with Crippen molar-refractivity contribution in [2.45, 2.75) is 19.4 Å². The van der Waals surface area contributed by atoms with Gasteiger partial charge in [-0.05, 0) is 17.7 Å². The lowest BCUT2D eigenvalue weighted by Crippen LogP contribution is -2.30. The Labute approximate surface area is 174 Å². The Bertz CT molecular complexity index is 940. The first-order chi connectivity index (χ1) is 14.0. The number of carbonyl (C=O) groups excluding carboxylic acids is 2. The van der Waals surface area contributed by atoms with E-state index in [4.69, 9.17) is 26.0 Å². The van der Waals surface area contributed by atoms with Crippen LogP contribution in [0, 0.1) is 23.2 Å². The third-order valence-electron chi connectivity index (χ3n) is 5.01. The lowest BCUT2D eigenvalue weighted by molar-refractivity contribution is 0.0920. The smallest absolute Gasteiger partial charge is 0.286 e. The summed E-state index contributed by atoms with van der Waals surface area (Å²) >= 11 is 6.04. The van der Waals surface area contributed by atoms with Crippen molar-refractivity contribution in [3.63, 3.8) is 0 Å². The minimum atomic E-state index is -0.368. The zero-order valence-electron chi connectivity index (χ0n) is 16.2. The Balaban J connectivity index is 0.000000755. The topological polar surface area (TPSA) is 104 Å². The van der Waals surface area contributed by atoms with Gasteiger partial charge >= 0.3 is 0 Å². The predicted molar refractivity (Wildman–Crippen MR) is 107 cm³/mol. The van der Waals surface area contributed by atoms with E-state index in [1.807, 2.05) is 18.2 Å². The Hall–Kier alpha value is -2.82. The second kappa shape index (κ2) is 9.12. The lowest BCUT2D eigenvalue weighted by Gasteiger charge is -2.08. The number of ether oxygens (including phenoxy) is 1. The highest BCUT2D eigenvalue weighted by Crippen LogP contribution is 2.44. The second-order valence-corrected chi connectivity index (χ2v) is 7.36. The van der Waals surface area contributed by atoms with Crippen molar-refractivity contribution in [3.8, 4) is 6.07 Å². The average molecular weight is 416 g/mol. The first-order valence-electron chi connectivity index (χ1n) is 9.27. The van der Waals surface area contributed by atoms with Crippen LogP contribution in [0.25, 0.3) is 0 Å². The third kappa shape index (κ3) is 4.78. The maximum Gasteiger partial charge on any atom is 0.286 e. The molecule has 1 saturated carbocycles. The van der Waals surface area contributed by atoms with Crippen LogP contribution in [-0.4, -0.2) is 38.1 Å². The van der Waals surface area contributed by atoms with E-state index in [1.165, 1.54) is 20.0 Å². The van der Waals surface area contributed by atoms with Crippen LogP contribution in [-0.2, 0) is 11.2 Å². The SMILES string of the molecule is CC#N.CNC(=O)c1cc(C(=O)NC2C3COCC32)c(Cc2cccc(Cl)c2)o1. The van der Waals surface area contributed by atoms with E-state index in [2.05, 4.69) is 10.6 Å². The van der Waals surface area contributed by atoms with Crippen molar-refractivity contribution in [3.05, 3.63) is 58.0 Å². The molecule has 1 aliphatic carbocycles. The van der Waals surface area contributed by atoms with Crippen LogP contribution in [0.2, 0.25) is 5.02 Å². The van der Waals surface area contributed by atoms with Gasteiger partial charge in [0.05, 0.1) is 24.8 Å². The van der Waals surface area contributed by atoms with Gasteiger partial charge in [0.25, 0.3) is 11.8 Å². The maximum atomic E-state index is 12.8. The second-order valence-electron chi connectivity index (χ2n) is 6.92. The number of hydrogen-bond acceptors (Lipinski definition) is 5. The standard InChI is InChI=1S/C19H19ClN2O4.C2H3N/c1-21-19(24)16-7-12(18(23)22-17-13-8-25-9-14(13)17)15(26-16)6-10-3-2-4-11(20)5-10;1-2-3/h2-5,7,13-14,17H,6,8-9H2,1H3,(H,21,24)(H,22,23);1H3. The highest BCUT2D eigenvalue weighted by atomic mass is 35.5. The molecule has 2 aromatic rings. The summed E-state index contributed by atoms with van der Waals surface area (Å²) in [4.78, 5) is 24.7. The molecule has 2 atom stereocenters. The van der Waals surface area contributed by atoms with E-state index in [-0.39, 0.29) is 23.6 Å². The molecule has 0 bridgehead atoms. The van der Waals surface area contributed by atoms with E-state index in [0.717, 1.165) is 5.56 Å². The van der Waals surface area contributed by atoms with Crippen LogP contribution in [0.5, 0.6) is 0 Å². The minimum absolute atomic E-state index is 0.119. The third-order valence-corrected chi connectivity index (χ3v) is 5.24. The number of amides is 2. The van der Waals surface area contributed by atoms with Crippen molar-refractivity contribution in [2.24, 2.45) is 11.8 Å². The number of furan rings is 1. The number of nitrogens with one attached hydrogen (secondary N) is 2. The molecule has 0 radical (unpaired) electrons. The number of fused-ring (bicyclic) bond motifs is 1. The number of hydrogen-bond donors (Lipinski definition) is 2. The Kier molecular flexibility index (Phi) is 6.57. The van der Waals surface area contributed by atoms with Gasteiger partial charge in [-0.15, -0.1) is 0 Å². The van der Waals surface area contributed by atoms with E-state index in [0.29, 0.717) is 47.8 Å². The zero-order valence-corrected chi connectivity index (χ0v) is 17.0. The largest absolute Gasteiger partial charge is 0.455 e. The molecule has 1 saturated heterocycles. The van der Waals surface area contributed by atoms with Crippen molar-refractivity contribution < 1.29 is 18.7 Å². The van der Waals surface area contributed by atoms with Gasteiger partial charge in [0, 0.05) is 49.4 Å². The summed E-state index contributed by atoms with van der Waals surface area (Å²) in [6, 6.07) is 10.7. The molecular weight excluding hydrogens is 394 g/mol. The summed E-state index contributed by atoms with van der Waals surface area (Å²) in [5.41, 5.74) is 1.29. The highest BCUT2D eigenvalue weighted by Gasteiger charge is 2.54. The normalized spacial score (nSPS) is 21.2. The Morgan fingerprint density at radius 3 is 2.55 bits per heavy atom. The molecule has 29 heavy (non-hydrogen) atoms. The van der Waals surface area contributed by atoms with Crippen LogP contribution in [0.15, 0.2) is 34.7 Å². The van der Waals surface area contributed by atoms with Gasteiger partial charge in [-0.1, -0.05) is 23.7 Å². The molecule has 1 aliphatic heterocycles. The number of nitrogens with zero attached hydrogens (tertiary/aromatic N) is 1. The van der Waals surface area contributed by atoms with Crippen LogP contribution >= 0.6 is 11.6 Å². The molecule has 4 rings (SSSR count). The van der Waals surface area contributed by atoms with Crippen LogP contribution < -0.4 is 10.6 Å². The van der Waals surface area contributed by atoms with Gasteiger partial charge in [-0.2, -0.15) is 5.26 Å². The monoisotopic (exact) mass is 415 g/mol. The predicted octanol–water partition coefficient (Wildman–Crippen LogP) is 2.79. The summed E-state index contributed by atoms with van der Waals surface area (Å²) < 4.78 is 11.0. The van der Waals surface area contributed by atoms with Crippen molar-refractivity contribution in [1.29, 1.82) is 5.26 Å². The molecular formula is C21H22ClN3O4. The fraction of sp³-hybridized carbons (Fsp3) is 0.381. The van der Waals surface area contributed by atoms with E-state index >= 15 is 0 Å². The summed E-state index contributed by atoms with van der Waals surface area (Å²) in [5.74, 6) is 0.786. The number of nitriles is 1. The van der Waals surface area contributed by atoms with Crippen molar-refractivity contribution in [1.82, 2.24) is 10.6 Å². The molecule has 152 valence electrons. The zero-order chi connectivity index (χ0) is 21.0. The number of rotatable bonds is 5. The highest BCUT2D eigenvalue weighted by molar-refractivity contribution is 6.30. The molecule has 2 amide bonds. The van der Waals surface area contributed by atoms with Gasteiger partial charge in [0.15, 0.2) is 5.76 Å². The van der Waals surface area contributed by atoms with Crippen molar-refractivity contribution >= 4 is 23.4 Å². The molecule has 2 heterocycles. The molecule has 7 nitrogen and oxygen atoms in total. The lowest BCUT2D eigenvalue weighted by atomic mass is 10.1. The number of benzene rings is 1. The van der Waals surface area contributed by atoms with E-state index in [1.54, 1.807) is 12.1 Å². The molecule has 1 aromatic carbocycles. The van der Waals surface area contributed by atoms with Gasteiger partial charge < -0.3 is 19.8 Å². The van der Waals surface area contributed by atoms with Gasteiger partial charge in [0.1, 0.15) is 5.76 Å². The maximum absolute atomic E-state index is 12.8. The van der Waals surface area contributed by atoms with Crippen LogP contribution in [0.4, 0.5) is 0 Å². The van der Waals surface area contributed by atoms with E-state index < -0.39 is 0 Å². The van der Waals surface area contributed by atoms with Gasteiger partial charge in [-0.3, -0.25) is 9.59 Å². The Morgan fingerprint density at radius 2 is 1.93 bits per heavy atom. The van der Waals surface area contributed by atoms with E-state index in [9.17, 15) is 9.59 Å². The molecule has 2 fully saturated rings. The molecule has 1 aromatic heterocycles. The fourth-order valence-corrected chi connectivity index (χ4v) is 3.72. The Morgan fingerprint density at radius 1 is 1.24 bits per heavy atom. The van der Waals surface area contributed by atoms with Crippen LogP contribution in [0.3, 0.4) is 0 Å². The summed E-state index contributed by atoms with van der Waals surface area (Å²) in [7, 11) is 1.52.